The summed E-state index contributed by atoms with van der Waals surface area (Å²) in [5.41, 5.74) is 2.76. The van der Waals surface area contributed by atoms with Crippen LogP contribution in [0.4, 0.5) is 10.2 Å². The van der Waals surface area contributed by atoms with Gasteiger partial charge in [0.25, 0.3) is 0 Å². The van der Waals surface area contributed by atoms with Crippen LogP contribution in [0.25, 0.3) is 0 Å². The van der Waals surface area contributed by atoms with E-state index in [4.69, 9.17) is 9.97 Å². The van der Waals surface area contributed by atoms with E-state index in [9.17, 15) is 9.18 Å². The van der Waals surface area contributed by atoms with Crippen LogP contribution in [-0.2, 0) is 17.6 Å². The van der Waals surface area contributed by atoms with Gasteiger partial charge in [0.1, 0.15) is 17.5 Å². The normalized spacial score (nSPS) is 16.7. The Balaban J connectivity index is 1.58. The van der Waals surface area contributed by atoms with E-state index < -0.39 is 0 Å². The zero-order chi connectivity index (χ0) is 22.5. The summed E-state index contributed by atoms with van der Waals surface area (Å²) in [7, 11) is 0. The maximum Gasteiger partial charge on any atom is 0.217 e. The van der Waals surface area contributed by atoms with Crippen LogP contribution in [0, 0.1) is 5.82 Å². The van der Waals surface area contributed by atoms with Gasteiger partial charge in [-0.1, -0.05) is 19.1 Å². The van der Waals surface area contributed by atoms with Gasteiger partial charge in [-0.3, -0.25) is 14.8 Å². The minimum absolute atomic E-state index is 0.0170. The van der Waals surface area contributed by atoms with Gasteiger partial charge in [-0.25, -0.2) is 14.4 Å². The molecule has 3 aromatic rings. The van der Waals surface area contributed by atoms with Crippen LogP contribution in [-0.4, -0.2) is 45.0 Å². The smallest absolute Gasteiger partial charge is 0.217 e. The van der Waals surface area contributed by atoms with E-state index in [1.165, 1.54) is 12.1 Å². The van der Waals surface area contributed by atoms with Gasteiger partial charge in [0.15, 0.2) is 0 Å². The average molecular weight is 435 g/mol. The zero-order valence-corrected chi connectivity index (χ0v) is 18.3. The molecule has 2 aromatic heterocycles. The molecule has 4 rings (SSSR count). The fourth-order valence-corrected chi connectivity index (χ4v) is 4.04. The third-order valence-electron chi connectivity index (χ3n) is 5.64. The first-order chi connectivity index (χ1) is 15.5. The van der Waals surface area contributed by atoms with E-state index in [1.54, 1.807) is 25.5 Å². The molecule has 1 fully saturated rings. The maximum atomic E-state index is 13.3. The van der Waals surface area contributed by atoms with Crippen molar-refractivity contribution in [2.24, 2.45) is 0 Å². The van der Waals surface area contributed by atoms with Crippen molar-refractivity contribution in [3.63, 3.8) is 0 Å². The Morgan fingerprint density at radius 1 is 1.22 bits per heavy atom. The van der Waals surface area contributed by atoms with Gasteiger partial charge in [-0.2, -0.15) is 0 Å². The second-order valence-corrected chi connectivity index (χ2v) is 8.30. The van der Waals surface area contributed by atoms with Crippen LogP contribution in [0.2, 0.25) is 0 Å². The number of hydrogen-bond acceptors (Lipinski definition) is 6. The van der Waals surface area contributed by atoms with Gasteiger partial charge in [0.2, 0.25) is 5.91 Å². The van der Waals surface area contributed by atoms with Crippen molar-refractivity contribution in [3.05, 3.63) is 77.5 Å². The summed E-state index contributed by atoms with van der Waals surface area (Å²) in [5, 5.41) is 3.00. The molecule has 2 atom stereocenters. The Labute approximate surface area is 187 Å². The Hall–Kier alpha value is -3.42. The molecule has 1 aromatic carbocycles. The number of halogens is 1. The summed E-state index contributed by atoms with van der Waals surface area (Å²) < 4.78 is 13.3. The fourth-order valence-electron chi connectivity index (χ4n) is 4.04. The highest BCUT2D eigenvalue weighted by Crippen LogP contribution is 2.24. The molecule has 7 nitrogen and oxygen atoms in total. The molecule has 8 heteroatoms. The Kier molecular flexibility index (Phi) is 6.68. The molecule has 0 spiro atoms. The molecule has 1 aliphatic rings. The molecule has 1 amide bonds. The molecule has 1 saturated heterocycles. The number of hydrogen-bond donors (Lipinski definition) is 1. The Bertz CT molecular complexity index is 1060. The number of anilines is 1. The molecular weight excluding hydrogens is 407 g/mol. The molecule has 166 valence electrons. The minimum atomic E-state index is -0.242. The van der Waals surface area contributed by atoms with E-state index >= 15 is 0 Å². The number of nitrogens with one attached hydrogen (secondary N) is 1. The second-order valence-electron chi connectivity index (χ2n) is 8.30. The summed E-state index contributed by atoms with van der Waals surface area (Å²) in [5.74, 6) is 1.47. The van der Waals surface area contributed by atoms with E-state index in [0.29, 0.717) is 19.4 Å². The van der Waals surface area contributed by atoms with E-state index in [1.807, 2.05) is 18.2 Å². The van der Waals surface area contributed by atoms with Crippen LogP contribution in [0.15, 0.2) is 48.9 Å². The minimum Gasteiger partial charge on any atom is -0.354 e. The summed E-state index contributed by atoms with van der Waals surface area (Å²) >= 11 is 0. The molecule has 1 aliphatic heterocycles. The molecule has 0 unspecified atom stereocenters. The zero-order valence-electron chi connectivity index (χ0n) is 18.3. The first kappa shape index (κ1) is 21.8. The number of benzene rings is 1. The fraction of sp³-hybridized carbons (Fsp3) is 0.375. The van der Waals surface area contributed by atoms with Gasteiger partial charge < -0.3 is 10.2 Å². The molecule has 0 aliphatic carbocycles. The van der Waals surface area contributed by atoms with Gasteiger partial charge in [-0.15, -0.1) is 0 Å². The summed E-state index contributed by atoms with van der Waals surface area (Å²) in [6, 6.07) is 8.69. The number of nitrogens with zero attached hydrogens (tertiary/aromatic N) is 5. The van der Waals surface area contributed by atoms with Crippen LogP contribution < -0.4 is 10.2 Å². The predicted molar refractivity (Wildman–Crippen MR) is 120 cm³/mol. The second kappa shape index (κ2) is 9.80. The van der Waals surface area contributed by atoms with Crippen molar-refractivity contribution >= 4 is 11.7 Å². The lowest BCUT2D eigenvalue weighted by molar-refractivity contribution is -0.119. The lowest BCUT2D eigenvalue weighted by Crippen LogP contribution is -2.35. The molecule has 32 heavy (non-hydrogen) atoms. The van der Waals surface area contributed by atoms with Gasteiger partial charge >= 0.3 is 0 Å². The molecule has 0 radical (unpaired) electrons. The topological polar surface area (TPSA) is 83.9 Å². The quantitative estimate of drug-likeness (QED) is 0.615. The van der Waals surface area contributed by atoms with E-state index in [0.717, 1.165) is 41.6 Å². The monoisotopic (exact) mass is 434 g/mol. The van der Waals surface area contributed by atoms with Crippen molar-refractivity contribution in [3.8, 4) is 0 Å². The number of carbonyl (C=O) groups is 1. The first-order valence-electron chi connectivity index (χ1n) is 10.9. The van der Waals surface area contributed by atoms with E-state index in [2.05, 4.69) is 27.1 Å². The highest BCUT2D eigenvalue weighted by Gasteiger charge is 2.25. The van der Waals surface area contributed by atoms with Crippen LogP contribution in [0.3, 0.4) is 0 Å². The lowest BCUT2D eigenvalue weighted by Gasteiger charge is -2.20. The SMILES string of the molecule is CC(=O)N[C@H]1CCN(c2cc(Cc3cnccn3)nc(C[C@@H](C)c3ccc(F)cc3)n2)C1. The molecule has 3 heterocycles. The van der Waals surface area contributed by atoms with Gasteiger partial charge in [-0.05, 0) is 30.0 Å². The van der Waals surface area contributed by atoms with Crippen molar-refractivity contribution in [2.75, 3.05) is 18.0 Å². The number of rotatable bonds is 7. The Morgan fingerprint density at radius 3 is 2.75 bits per heavy atom. The van der Waals surface area contributed by atoms with Gasteiger partial charge in [0, 0.05) is 63.6 Å². The molecule has 1 N–H and O–H groups in total. The maximum absolute atomic E-state index is 13.3. The van der Waals surface area contributed by atoms with E-state index in [-0.39, 0.29) is 23.7 Å². The Morgan fingerprint density at radius 2 is 2.03 bits per heavy atom. The summed E-state index contributed by atoms with van der Waals surface area (Å²) in [4.78, 5) is 31.8. The number of carbonyl (C=O) groups excluding carboxylic acids is 1. The number of aromatic nitrogens is 4. The third kappa shape index (κ3) is 5.63. The molecule has 0 bridgehead atoms. The first-order valence-corrected chi connectivity index (χ1v) is 10.9. The van der Waals surface area contributed by atoms with Crippen molar-refractivity contribution < 1.29 is 9.18 Å². The highest BCUT2D eigenvalue weighted by atomic mass is 19.1. The average Bonchev–Trinajstić information content (AvgIpc) is 3.22. The van der Waals surface area contributed by atoms with Crippen LogP contribution >= 0.6 is 0 Å². The summed E-state index contributed by atoms with van der Waals surface area (Å²) in [6.07, 6.45) is 7.14. The van der Waals surface area contributed by atoms with Crippen LogP contribution in [0.1, 0.15) is 49.0 Å². The molecule has 0 saturated carbocycles. The lowest BCUT2D eigenvalue weighted by atomic mass is 9.97. The van der Waals surface area contributed by atoms with Crippen molar-refractivity contribution in [2.45, 2.75) is 45.1 Å². The molecular formula is C24H27FN6O. The summed E-state index contributed by atoms with van der Waals surface area (Å²) in [6.45, 7) is 5.17. The largest absolute Gasteiger partial charge is 0.354 e. The van der Waals surface area contributed by atoms with Crippen molar-refractivity contribution in [1.82, 2.24) is 25.3 Å². The van der Waals surface area contributed by atoms with Gasteiger partial charge in [0.05, 0.1) is 11.4 Å². The third-order valence-corrected chi connectivity index (χ3v) is 5.64. The van der Waals surface area contributed by atoms with Crippen LogP contribution in [0.5, 0.6) is 0 Å². The number of amides is 1. The van der Waals surface area contributed by atoms with Crippen molar-refractivity contribution in [1.29, 1.82) is 0 Å². The highest BCUT2D eigenvalue weighted by molar-refractivity contribution is 5.73. The standard InChI is InChI=1S/C24H27FN6O/c1-16(18-3-5-19(25)6-4-18)11-23-29-21(12-22-14-26-8-9-27-22)13-24(30-23)31-10-7-20(15-31)28-17(2)32/h3-6,8-9,13-14,16,20H,7,10-12,15H2,1-2H3,(H,28,32)/t16-,20+/m1/s1. The predicted octanol–water partition coefficient (Wildman–Crippen LogP) is 3.06.